The maximum Gasteiger partial charge on any atom is 0.335 e. The normalized spacial score (nSPS) is 46.3. The molecule has 0 radical (unpaired) electrons. The van der Waals surface area contributed by atoms with Gasteiger partial charge in [0.05, 0.1) is 25.4 Å². The van der Waals surface area contributed by atoms with Crippen molar-refractivity contribution < 1.29 is 104 Å². The molecule has 0 amide bonds. The highest BCUT2D eigenvalue weighted by molar-refractivity contribution is 5.74. The largest absolute Gasteiger partial charge is 0.479 e. The Morgan fingerprint density at radius 1 is 0.623 bits per heavy atom. The smallest absolute Gasteiger partial charge is 0.335 e. The molecule has 0 saturated carbocycles. The van der Waals surface area contributed by atoms with E-state index in [0.717, 1.165) is 0 Å². The Hall–Kier alpha value is -2.43. The molecule has 4 fully saturated rings. The third kappa shape index (κ3) is 9.52. The van der Waals surface area contributed by atoms with Gasteiger partial charge in [0.2, 0.25) is 0 Å². The third-order valence-corrected chi connectivity index (χ3v) is 9.54. The molecule has 20 atom stereocenters. The number of hydrogen-bond donors (Lipinski definition) is 11. The molecule has 8 unspecified atom stereocenters. The molecule has 24 heteroatoms. The van der Waals surface area contributed by atoms with Crippen LogP contribution in [0.1, 0.15) is 20.3 Å². The fourth-order valence-electron chi connectivity index (χ4n) is 6.41. The number of aliphatic carboxylic acids is 2. The van der Waals surface area contributed by atoms with Gasteiger partial charge in [0, 0.05) is 29.9 Å². The van der Waals surface area contributed by atoms with Crippen molar-refractivity contribution in [2.45, 2.75) is 131 Å². The second-order valence-electron chi connectivity index (χ2n) is 13.1. The monoisotopic (exact) mass is 773 g/mol. The van der Waals surface area contributed by atoms with Gasteiger partial charge in [-0.3, -0.25) is 0 Å². The first-order valence-corrected chi connectivity index (χ1v) is 16.7. The highest BCUT2D eigenvalue weighted by Crippen LogP contribution is 2.37. The molecular formula is C29H47N3O21. The fraction of sp³-hybridized carbons (Fsp3) is 0.931. The van der Waals surface area contributed by atoms with Gasteiger partial charge in [0.15, 0.2) is 37.4 Å². The van der Waals surface area contributed by atoms with Crippen LogP contribution in [0.15, 0.2) is 5.11 Å². The molecule has 0 aromatic heterocycles. The van der Waals surface area contributed by atoms with Crippen LogP contribution in [0.2, 0.25) is 0 Å². The summed E-state index contributed by atoms with van der Waals surface area (Å²) in [4.78, 5) is 27.0. The van der Waals surface area contributed by atoms with Crippen molar-refractivity contribution in [2.75, 3.05) is 26.4 Å². The Labute approximate surface area is 300 Å². The van der Waals surface area contributed by atoms with Crippen LogP contribution in [0, 0.1) is 11.8 Å². The Morgan fingerprint density at radius 2 is 1.09 bits per heavy atom. The molecule has 304 valence electrons. The zero-order chi connectivity index (χ0) is 39.3. The van der Waals surface area contributed by atoms with Gasteiger partial charge in [0.1, 0.15) is 61.0 Å². The molecule has 4 rings (SSSR count). The minimum Gasteiger partial charge on any atom is -0.479 e. The van der Waals surface area contributed by atoms with Gasteiger partial charge in [-0.05, 0) is 12.0 Å². The van der Waals surface area contributed by atoms with E-state index in [1.165, 1.54) is 13.8 Å². The van der Waals surface area contributed by atoms with Gasteiger partial charge in [0.25, 0.3) is 0 Å². The summed E-state index contributed by atoms with van der Waals surface area (Å²) >= 11 is 0. The number of hydrogen-bond acceptors (Lipinski definition) is 20. The zero-order valence-corrected chi connectivity index (χ0v) is 28.4. The topological polar surface area (TPSA) is 379 Å². The first-order chi connectivity index (χ1) is 25.1. The van der Waals surface area contributed by atoms with Crippen molar-refractivity contribution >= 4 is 11.9 Å². The molecule has 4 aliphatic rings. The number of nitrogens with zero attached hydrogens (tertiary/aromatic N) is 3. The van der Waals surface area contributed by atoms with Crippen molar-refractivity contribution in [2.24, 2.45) is 17.0 Å². The van der Waals surface area contributed by atoms with Crippen LogP contribution in [0.4, 0.5) is 0 Å². The summed E-state index contributed by atoms with van der Waals surface area (Å²) in [5.74, 6) is -5.58. The predicted molar refractivity (Wildman–Crippen MR) is 164 cm³/mol. The molecule has 24 nitrogen and oxygen atoms in total. The van der Waals surface area contributed by atoms with Gasteiger partial charge >= 0.3 is 11.9 Å². The lowest BCUT2D eigenvalue weighted by atomic mass is 9.90. The second-order valence-corrected chi connectivity index (χ2v) is 13.1. The highest BCUT2D eigenvalue weighted by atomic mass is 16.8. The maximum absolute atomic E-state index is 12.3. The average molecular weight is 774 g/mol. The van der Waals surface area contributed by atoms with E-state index >= 15 is 0 Å². The molecular weight excluding hydrogens is 726 g/mol. The van der Waals surface area contributed by atoms with Crippen LogP contribution in [0.3, 0.4) is 0 Å². The van der Waals surface area contributed by atoms with Crippen molar-refractivity contribution in [3.8, 4) is 0 Å². The van der Waals surface area contributed by atoms with Crippen molar-refractivity contribution in [3.63, 3.8) is 0 Å². The Morgan fingerprint density at radius 3 is 1.60 bits per heavy atom. The number of carbonyl (C=O) groups is 2. The lowest BCUT2D eigenvalue weighted by molar-refractivity contribution is -0.376. The molecule has 4 heterocycles. The van der Waals surface area contributed by atoms with Crippen molar-refractivity contribution in [3.05, 3.63) is 10.4 Å². The minimum absolute atomic E-state index is 0.0263. The molecule has 11 N–H and O–H groups in total. The van der Waals surface area contributed by atoms with Crippen LogP contribution in [-0.4, -0.2) is 205 Å². The summed E-state index contributed by atoms with van der Waals surface area (Å²) in [5, 5.41) is 118. The van der Waals surface area contributed by atoms with Gasteiger partial charge in [-0.2, -0.15) is 0 Å². The first-order valence-electron chi connectivity index (χ1n) is 16.7. The molecule has 4 saturated heterocycles. The van der Waals surface area contributed by atoms with Crippen molar-refractivity contribution in [1.82, 2.24) is 0 Å². The summed E-state index contributed by atoms with van der Waals surface area (Å²) in [6.07, 6.45) is -31.6. The highest BCUT2D eigenvalue weighted by Gasteiger charge is 2.56. The van der Waals surface area contributed by atoms with Gasteiger partial charge in [-0.15, -0.1) is 0 Å². The second kappa shape index (κ2) is 18.9. The average Bonchev–Trinajstić information content (AvgIpc) is 3.12. The number of ether oxygens (including phenoxy) is 8. The molecule has 53 heavy (non-hydrogen) atoms. The Kier molecular flexibility index (Phi) is 15.5. The minimum atomic E-state index is -2.09. The van der Waals surface area contributed by atoms with Crippen LogP contribution < -0.4 is 0 Å². The number of aliphatic hydroxyl groups is 9. The van der Waals surface area contributed by atoms with E-state index < -0.39 is 148 Å². The number of carboxylic acids is 2. The van der Waals surface area contributed by atoms with E-state index in [1.54, 1.807) is 0 Å². The molecule has 0 aromatic rings. The molecule has 0 aromatic carbocycles. The zero-order valence-electron chi connectivity index (χ0n) is 28.4. The van der Waals surface area contributed by atoms with Crippen LogP contribution in [-0.2, 0) is 47.5 Å². The Bertz CT molecular complexity index is 1260. The van der Waals surface area contributed by atoms with E-state index in [4.69, 9.17) is 43.4 Å². The van der Waals surface area contributed by atoms with Crippen LogP contribution in [0.5, 0.6) is 0 Å². The van der Waals surface area contributed by atoms with E-state index in [9.17, 15) is 65.8 Å². The number of aliphatic hydroxyl groups excluding tert-OH is 9. The SMILES string of the molecule is CC1[C@H](O[C@@H]2C(C(=O)O)O[C@@H](O[C@@H]3C(C)[C@H](O[C@@H]4C(C(=O)O)O[C@@H](OCCCN=[N+]=[N-])C(O)[C@H]4O)OC(CO)[C@H]3O)C(O)[C@H]2O)OC(CO)[C@@H](O)[C@@H]1O. The molecule has 0 bridgehead atoms. The molecule has 0 spiro atoms. The maximum atomic E-state index is 12.3. The van der Waals surface area contributed by atoms with Crippen molar-refractivity contribution in [1.29, 1.82) is 0 Å². The first kappa shape index (κ1) is 43.3. The number of carboxylic acid groups (broad SMARTS) is 2. The fourth-order valence-corrected chi connectivity index (χ4v) is 6.41. The lowest BCUT2D eigenvalue weighted by Crippen LogP contribution is -2.66. The summed E-state index contributed by atoms with van der Waals surface area (Å²) in [7, 11) is 0. The Balaban J connectivity index is 1.49. The number of azide groups is 1. The molecule has 4 aliphatic heterocycles. The van der Waals surface area contributed by atoms with E-state index in [0.29, 0.717) is 0 Å². The summed E-state index contributed by atoms with van der Waals surface area (Å²) < 4.78 is 44.4. The van der Waals surface area contributed by atoms with E-state index in [-0.39, 0.29) is 19.6 Å². The third-order valence-electron chi connectivity index (χ3n) is 9.54. The van der Waals surface area contributed by atoms with Crippen LogP contribution >= 0.6 is 0 Å². The quantitative estimate of drug-likeness (QED) is 0.0320. The van der Waals surface area contributed by atoms with Crippen LogP contribution in [0.25, 0.3) is 10.4 Å². The molecule has 0 aliphatic carbocycles. The summed E-state index contributed by atoms with van der Waals surface area (Å²) in [6.45, 7) is 0.973. The predicted octanol–water partition coefficient (Wildman–Crippen LogP) is -5.29. The van der Waals surface area contributed by atoms with E-state index in [1.807, 2.05) is 0 Å². The lowest BCUT2D eigenvalue weighted by Gasteiger charge is -2.49. The number of rotatable bonds is 15. The standard InChI is InChI=1S/C29H47N3O21/c1-8-12(35)13(36)10(6-33)47-26(8)50-21-16(39)18(41)29(53-23(21)25(44)45)49-19-9(2)27(48-11(7-34)14(19)37)51-20-15(38)17(40)28(52-22(20)24(42)43)46-5-3-4-31-32-30/h8-23,26-29,33-41H,3-7H2,1-2H3,(H,42,43)(H,44,45)/t8?,9?,10?,11?,12-,13-,14-,15-,16-,17?,18?,19-,20+,21+,22?,23?,26+,27+,28-,29-/m1/s1. The van der Waals surface area contributed by atoms with Gasteiger partial charge in [-0.25, -0.2) is 9.59 Å². The summed E-state index contributed by atoms with van der Waals surface area (Å²) in [5.41, 5.74) is 8.38. The van der Waals surface area contributed by atoms with E-state index in [2.05, 4.69) is 10.0 Å². The van der Waals surface area contributed by atoms with Gasteiger partial charge < -0.3 is 94.1 Å². The summed E-state index contributed by atoms with van der Waals surface area (Å²) in [6, 6.07) is 0. The van der Waals surface area contributed by atoms with Gasteiger partial charge in [-0.1, -0.05) is 19.0 Å².